The Hall–Kier alpha value is -2.46. The lowest BCUT2D eigenvalue weighted by Gasteiger charge is -2.17. The number of anilines is 1. The topological polar surface area (TPSA) is 49.2 Å². The van der Waals surface area contributed by atoms with Gasteiger partial charge in [0.15, 0.2) is 0 Å². The molecule has 22 heavy (non-hydrogen) atoms. The monoisotopic (exact) mass is 291 g/mol. The summed E-state index contributed by atoms with van der Waals surface area (Å²) in [4.78, 5) is 11.5. The summed E-state index contributed by atoms with van der Waals surface area (Å²) < 4.78 is 0. The largest absolute Gasteiger partial charge is 0.391 e. The molecule has 1 atom stereocenters. The van der Waals surface area contributed by atoms with Crippen LogP contribution in [0.2, 0.25) is 0 Å². The molecule has 0 bridgehead atoms. The third kappa shape index (κ3) is 2.31. The van der Waals surface area contributed by atoms with Crippen molar-refractivity contribution in [1.29, 1.82) is 0 Å². The smallest absolute Gasteiger partial charge is 0.226 e. The quantitative estimate of drug-likeness (QED) is 0.789. The summed E-state index contributed by atoms with van der Waals surface area (Å²) in [6, 6.07) is 18.3. The van der Waals surface area contributed by atoms with E-state index in [0.717, 1.165) is 35.1 Å². The molecule has 1 aliphatic rings. The summed E-state index contributed by atoms with van der Waals surface area (Å²) in [7, 11) is 0. The molecule has 1 fully saturated rings. The fourth-order valence-electron chi connectivity index (χ4n) is 2.95. The summed E-state index contributed by atoms with van der Waals surface area (Å²) in [5.41, 5.74) is 2.97. The van der Waals surface area contributed by atoms with Crippen LogP contribution >= 0.6 is 0 Å². The van der Waals surface area contributed by atoms with Crippen molar-refractivity contribution in [2.75, 3.05) is 18.0 Å². The van der Waals surface area contributed by atoms with Crippen LogP contribution in [0, 0.1) is 0 Å². The maximum atomic E-state index is 9.76. The predicted molar refractivity (Wildman–Crippen MR) is 87.8 cm³/mol. The second kappa shape index (κ2) is 5.39. The normalized spacial score (nSPS) is 18.0. The Morgan fingerprint density at radius 1 is 0.955 bits per heavy atom. The number of nitrogens with zero attached hydrogens (tertiary/aromatic N) is 3. The number of fused-ring (bicyclic) bond motifs is 1. The Balaban J connectivity index is 1.90. The Morgan fingerprint density at radius 2 is 1.73 bits per heavy atom. The minimum atomic E-state index is -0.282. The lowest BCUT2D eigenvalue weighted by molar-refractivity contribution is 0.198. The molecule has 0 amide bonds. The number of hydrogen-bond donors (Lipinski definition) is 1. The molecule has 4 nitrogen and oxygen atoms in total. The molecule has 0 radical (unpaired) electrons. The van der Waals surface area contributed by atoms with Crippen LogP contribution in [0.15, 0.2) is 54.6 Å². The van der Waals surface area contributed by atoms with Crippen molar-refractivity contribution in [1.82, 2.24) is 9.97 Å². The molecule has 2 heterocycles. The minimum Gasteiger partial charge on any atom is -0.391 e. The summed E-state index contributed by atoms with van der Waals surface area (Å²) >= 11 is 0. The summed E-state index contributed by atoms with van der Waals surface area (Å²) in [5, 5.41) is 10.8. The van der Waals surface area contributed by atoms with Gasteiger partial charge in [-0.25, -0.2) is 9.97 Å². The van der Waals surface area contributed by atoms with Crippen molar-refractivity contribution in [2.24, 2.45) is 0 Å². The standard InChI is InChI=1S/C18H17N3O/c22-14-10-11-21(12-14)18-19-16-9-5-4-8-15(16)17(20-18)13-6-2-1-3-7-13/h1-9,14,22H,10-12H2/t14-/m0/s1. The molecule has 4 heteroatoms. The van der Waals surface area contributed by atoms with Crippen LogP contribution in [0.1, 0.15) is 6.42 Å². The van der Waals surface area contributed by atoms with E-state index < -0.39 is 0 Å². The zero-order valence-electron chi connectivity index (χ0n) is 12.2. The fourth-order valence-corrected chi connectivity index (χ4v) is 2.95. The number of aliphatic hydroxyl groups is 1. The van der Waals surface area contributed by atoms with Gasteiger partial charge in [-0.05, 0) is 12.5 Å². The molecule has 3 aromatic rings. The highest BCUT2D eigenvalue weighted by Gasteiger charge is 2.23. The van der Waals surface area contributed by atoms with Crippen molar-refractivity contribution < 1.29 is 5.11 Å². The van der Waals surface area contributed by atoms with Crippen molar-refractivity contribution in [3.8, 4) is 11.3 Å². The first-order chi connectivity index (χ1) is 10.8. The van der Waals surface area contributed by atoms with Gasteiger partial charge in [-0.3, -0.25) is 0 Å². The number of para-hydroxylation sites is 1. The lowest BCUT2D eigenvalue weighted by atomic mass is 10.1. The number of rotatable bonds is 2. The van der Waals surface area contributed by atoms with E-state index in [1.165, 1.54) is 0 Å². The van der Waals surface area contributed by atoms with Crippen LogP contribution in [0.5, 0.6) is 0 Å². The van der Waals surface area contributed by atoms with E-state index in [0.29, 0.717) is 12.5 Å². The Bertz CT molecular complexity index is 804. The molecule has 4 rings (SSSR count). The van der Waals surface area contributed by atoms with Gasteiger partial charge in [0.1, 0.15) is 0 Å². The molecule has 0 unspecified atom stereocenters. The Kier molecular flexibility index (Phi) is 3.24. The van der Waals surface area contributed by atoms with Gasteiger partial charge in [0.25, 0.3) is 0 Å². The minimum absolute atomic E-state index is 0.282. The first-order valence-electron chi connectivity index (χ1n) is 7.56. The van der Waals surface area contributed by atoms with Gasteiger partial charge in [-0.15, -0.1) is 0 Å². The van der Waals surface area contributed by atoms with Crippen LogP contribution in [-0.4, -0.2) is 34.3 Å². The van der Waals surface area contributed by atoms with Crippen LogP contribution in [0.3, 0.4) is 0 Å². The van der Waals surface area contributed by atoms with Gasteiger partial charge < -0.3 is 10.0 Å². The zero-order chi connectivity index (χ0) is 14.9. The highest BCUT2D eigenvalue weighted by molar-refractivity contribution is 5.93. The van der Waals surface area contributed by atoms with Crippen molar-refractivity contribution in [3.63, 3.8) is 0 Å². The van der Waals surface area contributed by atoms with E-state index in [1.807, 2.05) is 36.4 Å². The van der Waals surface area contributed by atoms with Gasteiger partial charge in [-0.2, -0.15) is 0 Å². The second-order valence-corrected chi connectivity index (χ2v) is 5.64. The molecular formula is C18H17N3O. The summed E-state index contributed by atoms with van der Waals surface area (Å²) in [6.07, 6.45) is 0.492. The molecule has 2 aromatic carbocycles. The molecule has 1 N–H and O–H groups in total. The van der Waals surface area contributed by atoms with Crippen molar-refractivity contribution in [2.45, 2.75) is 12.5 Å². The first-order valence-corrected chi connectivity index (χ1v) is 7.56. The third-order valence-corrected chi connectivity index (χ3v) is 4.08. The lowest BCUT2D eigenvalue weighted by Crippen LogP contribution is -2.23. The molecule has 110 valence electrons. The van der Waals surface area contributed by atoms with Gasteiger partial charge in [0.2, 0.25) is 5.95 Å². The zero-order valence-corrected chi connectivity index (χ0v) is 12.2. The van der Waals surface area contributed by atoms with Crippen molar-refractivity contribution >= 4 is 16.9 Å². The maximum absolute atomic E-state index is 9.76. The first kappa shape index (κ1) is 13.2. The molecule has 0 aliphatic carbocycles. The number of β-amino-alcohol motifs (C(OH)–C–C–N with tert-alkyl or cyclic N) is 1. The Morgan fingerprint density at radius 3 is 2.50 bits per heavy atom. The molecule has 1 aromatic heterocycles. The van der Waals surface area contributed by atoms with Gasteiger partial charge in [0.05, 0.1) is 17.3 Å². The highest BCUT2D eigenvalue weighted by Crippen LogP contribution is 2.29. The second-order valence-electron chi connectivity index (χ2n) is 5.64. The number of aliphatic hydroxyl groups excluding tert-OH is 1. The van der Waals surface area contributed by atoms with Crippen LogP contribution in [-0.2, 0) is 0 Å². The molecule has 0 spiro atoms. The van der Waals surface area contributed by atoms with Gasteiger partial charge >= 0.3 is 0 Å². The van der Waals surface area contributed by atoms with Gasteiger partial charge in [-0.1, -0.05) is 48.5 Å². The fraction of sp³-hybridized carbons (Fsp3) is 0.222. The third-order valence-electron chi connectivity index (χ3n) is 4.08. The number of aromatic nitrogens is 2. The SMILES string of the molecule is O[C@H]1CCN(c2nc(-c3ccccc3)c3ccccc3n2)C1. The van der Waals surface area contributed by atoms with Crippen molar-refractivity contribution in [3.05, 3.63) is 54.6 Å². The molecule has 1 aliphatic heterocycles. The number of hydrogen-bond acceptors (Lipinski definition) is 4. The molecular weight excluding hydrogens is 274 g/mol. The van der Waals surface area contributed by atoms with E-state index in [1.54, 1.807) is 0 Å². The predicted octanol–water partition coefficient (Wildman–Crippen LogP) is 2.87. The summed E-state index contributed by atoms with van der Waals surface area (Å²) in [5.74, 6) is 0.703. The van der Waals surface area contributed by atoms with Gasteiger partial charge in [0, 0.05) is 24.0 Å². The molecule has 1 saturated heterocycles. The van der Waals surface area contributed by atoms with Crippen LogP contribution in [0.25, 0.3) is 22.2 Å². The van der Waals surface area contributed by atoms with E-state index in [4.69, 9.17) is 4.98 Å². The molecule has 0 saturated carbocycles. The van der Waals surface area contributed by atoms with E-state index in [-0.39, 0.29) is 6.10 Å². The summed E-state index contributed by atoms with van der Waals surface area (Å²) in [6.45, 7) is 1.40. The maximum Gasteiger partial charge on any atom is 0.226 e. The van der Waals surface area contributed by atoms with E-state index in [2.05, 4.69) is 28.1 Å². The van der Waals surface area contributed by atoms with Crippen LogP contribution in [0.4, 0.5) is 5.95 Å². The highest BCUT2D eigenvalue weighted by atomic mass is 16.3. The average molecular weight is 291 g/mol. The number of benzene rings is 2. The van der Waals surface area contributed by atoms with E-state index in [9.17, 15) is 5.11 Å². The van der Waals surface area contributed by atoms with Crippen LogP contribution < -0.4 is 4.90 Å². The van der Waals surface area contributed by atoms with E-state index >= 15 is 0 Å². The average Bonchev–Trinajstić information content (AvgIpc) is 3.01. The Labute approximate surface area is 129 Å².